The molecule has 102 valence electrons. The highest BCUT2D eigenvalue weighted by molar-refractivity contribution is 7.98. The number of rotatable bonds is 6. The van der Waals surface area contributed by atoms with Crippen molar-refractivity contribution in [2.45, 2.75) is 12.5 Å². The van der Waals surface area contributed by atoms with Crippen molar-refractivity contribution in [1.29, 1.82) is 0 Å². The molecule has 4 nitrogen and oxygen atoms in total. The molecule has 0 aliphatic rings. The predicted molar refractivity (Wildman–Crippen MR) is 81.4 cm³/mol. The Balaban J connectivity index is 1.98. The van der Waals surface area contributed by atoms with Crippen LogP contribution in [0.15, 0.2) is 30.5 Å². The summed E-state index contributed by atoms with van der Waals surface area (Å²) in [4.78, 5) is 15.0. The van der Waals surface area contributed by atoms with Gasteiger partial charge >= 0.3 is 0 Å². The van der Waals surface area contributed by atoms with E-state index in [0.29, 0.717) is 13.0 Å². The van der Waals surface area contributed by atoms with Crippen LogP contribution in [-0.4, -0.2) is 35.5 Å². The van der Waals surface area contributed by atoms with Crippen LogP contribution >= 0.6 is 11.8 Å². The summed E-state index contributed by atoms with van der Waals surface area (Å²) < 4.78 is 0. The Morgan fingerprint density at radius 3 is 3.05 bits per heavy atom. The number of carbonyl (C=O) groups excluding carboxylic acids is 1. The van der Waals surface area contributed by atoms with Crippen molar-refractivity contribution < 1.29 is 4.79 Å². The summed E-state index contributed by atoms with van der Waals surface area (Å²) >= 11 is 1.70. The smallest absolute Gasteiger partial charge is 0.237 e. The molecule has 0 aliphatic carbocycles. The lowest BCUT2D eigenvalue weighted by atomic mass is 10.1. The van der Waals surface area contributed by atoms with Crippen LogP contribution in [0, 0.1) is 0 Å². The third-order valence-electron chi connectivity index (χ3n) is 3.06. The highest BCUT2D eigenvalue weighted by Gasteiger charge is 2.15. The maximum absolute atomic E-state index is 11.8. The molecule has 1 amide bonds. The lowest BCUT2D eigenvalue weighted by molar-refractivity contribution is -0.122. The van der Waals surface area contributed by atoms with Gasteiger partial charge in [0.2, 0.25) is 5.91 Å². The Kier molecular flexibility index (Phi) is 4.87. The van der Waals surface area contributed by atoms with E-state index in [1.807, 2.05) is 36.7 Å². The van der Waals surface area contributed by atoms with Crippen LogP contribution < -0.4 is 11.1 Å². The third-order valence-corrected chi connectivity index (χ3v) is 3.67. The van der Waals surface area contributed by atoms with E-state index >= 15 is 0 Å². The first kappa shape index (κ1) is 14.0. The molecule has 1 unspecified atom stereocenters. The molecule has 5 heteroatoms. The fourth-order valence-corrected chi connectivity index (χ4v) is 2.34. The summed E-state index contributed by atoms with van der Waals surface area (Å²) in [5, 5.41) is 3.98. The molecule has 0 fully saturated rings. The van der Waals surface area contributed by atoms with Crippen LogP contribution in [0.5, 0.6) is 0 Å². The van der Waals surface area contributed by atoms with Crippen molar-refractivity contribution in [3.8, 4) is 0 Å². The lowest BCUT2D eigenvalue weighted by Gasteiger charge is -2.11. The molecule has 0 bridgehead atoms. The Labute approximate surface area is 117 Å². The summed E-state index contributed by atoms with van der Waals surface area (Å²) in [6.07, 6.45) is 4.49. The molecule has 0 aliphatic heterocycles. The van der Waals surface area contributed by atoms with E-state index in [0.717, 1.165) is 22.2 Å². The van der Waals surface area contributed by atoms with E-state index in [-0.39, 0.29) is 5.91 Å². The van der Waals surface area contributed by atoms with Gasteiger partial charge in [0.05, 0.1) is 6.04 Å². The highest BCUT2D eigenvalue weighted by Crippen LogP contribution is 2.18. The van der Waals surface area contributed by atoms with Gasteiger partial charge in [-0.1, -0.05) is 18.2 Å². The molecule has 0 saturated heterocycles. The van der Waals surface area contributed by atoms with Gasteiger partial charge in [0.15, 0.2) is 0 Å². The molecule has 1 heterocycles. The monoisotopic (exact) mass is 277 g/mol. The largest absolute Gasteiger partial charge is 0.361 e. The number of thioether (sulfide) groups is 1. The number of H-pyrrole nitrogens is 1. The number of fused-ring (bicyclic) bond motifs is 1. The molecule has 0 saturated carbocycles. The molecule has 0 radical (unpaired) electrons. The first-order valence-electron chi connectivity index (χ1n) is 6.29. The average molecular weight is 277 g/mol. The topological polar surface area (TPSA) is 70.9 Å². The van der Waals surface area contributed by atoms with Gasteiger partial charge in [0.25, 0.3) is 0 Å². The van der Waals surface area contributed by atoms with Crippen LogP contribution in [0.2, 0.25) is 0 Å². The maximum atomic E-state index is 11.8. The number of benzene rings is 1. The highest BCUT2D eigenvalue weighted by atomic mass is 32.2. The number of aromatic nitrogens is 1. The van der Waals surface area contributed by atoms with Gasteiger partial charge in [-0.25, -0.2) is 0 Å². The predicted octanol–water partition coefficient (Wildman–Crippen LogP) is 1.52. The van der Waals surface area contributed by atoms with Gasteiger partial charge in [-0.15, -0.1) is 0 Å². The van der Waals surface area contributed by atoms with Crippen molar-refractivity contribution in [3.63, 3.8) is 0 Å². The molecule has 19 heavy (non-hydrogen) atoms. The zero-order chi connectivity index (χ0) is 13.7. The van der Waals surface area contributed by atoms with Crippen molar-refractivity contribution >= 4 is 28.6 Å². The minimum atomic E-state index is -0.499. The summed E-state index contributed by atoms with van der Waals surface area (Å²) in [6, 6.07) is 7.53. The third kappa shape index (κ3) is 3.52. The molecule has 4 N–H and O–H groups in total. The molecule has 1 atom stereocenters. The molecule has 2 rings (SSSR count). The van der Waals surface area contributed by atoms with Crippen LogP contribution in [0.4, 0.5) is 0 Å². The Hall–Kier alpha value is -1.46. The summed E-state index contributed by atoms with van der Waals surface area (Å²) in [5.74, 6) is 0.824. The van der Waals surface area contributed by atoms with Crippen LogP contribution in [0.25, 0.3) is 10.9 Å². The summed E-state index contributed by atoms with van der Waals surface area (Å²) in [7, 11) is 0. The van der Waals surface area contributed by atoms with Crippen molar-refractivity contribution in [2.24, 2.45) is 5.73 Å². The van der Waals surface area contributed by atoms with Crippen molar-refractivity contribution in [2.75, 3.05) is 18.6 Å². The van der Waals surface area contributed by atoms with E-state index in [1.165, 1.54) is 0 Å². The Bertz CT molecular complexity index is 552. The number of amides is 1. The quantitative estimate of drug-likeness (QED) is 0.701. The zero-order valence-electron chi connectivity index (χ0n) is 11.0. The second-order valence-corrected chi connectivity index (χ2v) is 5.44. The molecule has 2 aromatic rings. The van der Waals surface area contributed by atoms with E-state index in [2.05, 4.69) is 10.3 Å². The van der Waals surface area contributed by atoms with E-state index in [9.17, 15) is 4.79 Å². The van der Waals surface area contributed by atoms with Gasteiger partial charge in [0, 0.05) is 29.4 Å². The second-order valence-electron chi connectivity index (χ2n) is 4.45. The number of hydrogen-bond donors (Lipinski definition) is 3. The number of hydrogen-bond acceptors (Lipinski definition) is 3. The minimum absolute atomic E-state index is 0.0840. The zero-order valence-corrected chi connectivity index (χ0v) is 11.8. The number of aromatic amines is 1. The minimum Gasteiger partial charge on any atom is -0.361 e. The second kappa shape index (κ2) is 6.63. The van der Waals surface area contributed by atoms with E-state index in [4.69, 9.17) is 5.73 Å². The summed E-state index contributed by atoms with van der Waals surface area (Å²) in [5.41, 5.74) is 8.11. The van der Waals surface area contributed by atoms with Gasteiger partial charge in [-0.3, -0.25) is 4.79 Å². The lowest BCUT2D eigenvalue weighted by Crippen LogP contribution is -2.42. The first-order valence-corrected chi connectivity index (χ1v) is 7.69. The number of carbonyl (C=O) groups is 1. The van der Waals surface area contributed by atoms with Crippen LogP contribution in [-0.2, 0) is 11.2 Å². The Morgan fingerprint density at radius 2 is 2.26 bits per heavy atom. The van der Waals surface area contributed by atoms with E-state index in [1.54, 1.807) is 11.8 Å². The normalized spacial score (nSPS) is 12.5. The van der Waals surface area contributed by atoms with Crippen molar-refractivity contribution in [1.82, 2.24) is 10.3 Å². The molecular weight excluding hydrogens is 258 g/mol. The maximum Gasteiger partial charge on any atom is 0.237 e. The van der Waals surface area contributed by atoms with Crippen LogP contribution in [0.1, 0.15) is 5.56 Å². The van der Waals surface area contributed by atoms with Crippen molar-refractivity contribution in [3.05, 3.63) is 36.0 Å². The molecule has 0 spiro atoms. The first-order chi connectivity index (χ1) is 9.22. The Morgan fingerprint density at radius 1 is 1.47 bits per heavy atom. The van der Waals surface area contributed by atoms with Gasteiger partial charge in [0.1, 0.15) is 0 Å². The summed E-state index contributed by atoms with van der Waals surface area (Å²) in [6.45, 7) is 0.668. The number of para-hydroxylation sites is 1. The number of nitrogens with one attached hydrogen (secondary N) is 2. The molecule has 1 aromatic heterocycles. The molecular formula is C14H19N3OS. The van der Waals surface area contributed by atoms with Gasteiger partial charge in [-0.05, 0) is 24.3 Å². The fraction of sp³-hybridized carbons (Fsp3) is 0.357. The fourth-order valence-electron chi connectivity index (χ4n) is 2.04. The number of nitrogens with two attached hydrogens (primary N) is 1. The van der Waals surface area contributed by atoms with Crippen LogP contribution in [0.3, 0.4) is 0 Å². The van der Waals surface area contributed by atoms with Gasteiger partial charge < -0.3 is 16.0 Å². The average Bonchev–Trinajstić information content (AvgIpc) is 2.82. The SMILES string of the molecule is CSCCNC(=O)C(N)Cc1c[nH]c2ccccc12. The van der Waals surface area contributed by atoms with Gasteiger partial charge in [-0.2, -0.15) is 11.8 Å². The standard InChI is InChI=1S/C14H19N3OS/c1-19-7-6-16-14(18)12(15)8-10-9-17-13-5-3-2-4-11(10)13/h2-5,9,12,17H,6-8,15H2,1H3,(H,16,18). The molecule has 1 aromatic carbocycles. The van der Waals surface area contributed by atoms with E-state index < -0.39 is 6.04 Å².